The standard InChI is InChI=1S/C19H23FN2O/c1-19(2,3)16-6-4-5-7-17(16)21-13-12-18(23)22-15-10-8-14(20)9-11-15/h4-11,21H,12-13H2,1-3H3,(H,22,23). The van der Waals surface area contributed by atoms with Gasteiger partial charge in [0, 0.05) is 24.3 Å². The summed E-state index contributed by atoms with van der Waals surface area (Å²) in [5.41, 5.74) is 2.92. The molecule has 0 aliphatic heterocycles. The molecule has 0 saturated carbocycles. The van der Waals surface area contributed by atoms with Crippen molar-refractivity contribution in [3.8, 4) is 0 Å². The van der Waals surface area contributed by atoms with Crippen molar-refractivity contribution in [2.24, 2.45) is 0 Å². The highest BCUT2D eigenvalue weighted by atomic mass is 19.1. The lowest BCUT2D eigenvalue weighted by atomic mass is 9.86. The number of hydrogen-bond acceptors (Lipinski definition) is 2. The zero-order chi connectivity index (χ0) is 16.9. The molecule has 0 bridgehead atoms. The van der Waals surface area contributed by atoms with Crippen molar-refractivity contribution in [3.05, 3.63) is 59.9 Å². The van der Waals surface area contributed by atoms with Crippen LogP contribution in [0.25, 0.3) is 0 Å². The molecule has 3 nitrogen and oxygen atoms in total. The Morgan fingerprint density at radius 1 is 1.04 bits per heavy atom. The molecule has 0 radical (unpaired) electrons. The average molecular weight is 314 g/mol. The van der Waals surface area contributed by atoms with Gasteiger partial charge in [0.25, 0.3) is 0 Å². The number of benzene rings is 2. The van der Waals surface area contributed by atoms with Gasteiger partial charge in [-0.05, 0) is 41.3 Å². The Kier molecular flexibility index (Phi) is 5.37. The topological polar surface area (TPSA) is 41.1 Å². The van der Waals surface area contributed by atoms with Gasteiger partial charge < -0.3 is 10.6 Å². The predicted molar refractivity (Wildman–Crippen MR) is 93.3 cm³/mol. The van der Waals surface area contributed by atoms with Crippen LogP contribution < -0.4 is 10.6 Å². The third-order valence-corrected chi connectivity index (χ3v) is 3.53. The van der Waals surface area contributed by atoms with E-state index in [9.17, 15) is 9.18 Å². The van der Waals surface area contributed by atoms with Crippen molar-refractivity contribution in [2.45, 2.75) is 32.6 Å². The maximum atomic E-state index is 12.8. The summed E-state index contributed by atoms with van der Waals surface area (Å²) in [4.78, 5) is 11.9. The van der Waals surface area contributed by atoms with Crippen molar-refractivity contribution >= 4 is 17.3 Å². The van der Waals surface area contributed by atoms with Crippen LogP contribution in [-0.4, -0.2) is 12.5 Å². The van der Waals surface area contributed by atoms with Gasteiger partial charge in [-0.2, -0.15) is 0 Å². The minimum Gasteiger partial charge on any atom is -0.384 e. The summed E-state index contributed by atoms with van der Waals surface area (Å²) in [5, 5.41) is 6.08. The fraction of sp³-hybridized carbons (Fsp3) is 0.316. The third kappa shape index (κ3) is 5.09. The second kappa shape index (κ2) is 7.27. The Bertz CT molecular complexity index is 660. The van der Waals surface area contributed by atoms with E-state index in [1.165, 1.54) is 17.7 Å². The number of hydrogen-bond donors (Lipinski definition) is 2. The third-order valence-electron chi connectivity index (χ3n) is 3.53. The minimum atomic E-state index is -0.316. The minimum absolute atomic E-state index is 0.0416. The van der Waals surface area contributed by atoms with Crippen LogP contribution in [0.15, 0.2) is 48.5 Å². The molecule has 4 heteroatoms. The molecule has 23 heavy (non-hydrogen) atoms. The summed E-state index contributed by atoms with van der Waals surface area (Å²) < 4.78 is 12.8. The fourth-order valence-corrected chi connectivity index (χ4v) is 2.36. The molecule has 2 N–H and O–H groups in total. The lowest BCUT2D eigenvalue weighted by Crippen LogP contribution is -2.19. The van der Waals surface area contributed by atoms with E-state index in [0.717, 1.165) is 5.69 Å². The van der Waals surface area contributed by atoms with E-state index < -0.39 is 0 Å². The molecule has 0 heterocycles. The SMILES string of the molecule is CC(C)(C)c1ccccc1NCCC(=O)Nc1ccc(F)cc1. The van der Waals surface area contributed by atoms with E-state index in [2.05, 4.69) is 37.5 Å². The van der Waals surface area contributed by atoms with E-state index in [4.69, 9.17) is 0 Å². The molecule has 122 valence electrons. The highest BCUT2D eigenvalue weighted by Gasteiger charge is 2.17. The van der Waals surface area contributed by atoms with Crippen molar-refractivity contribution in [1.29, 1.82) is 0 Å². The number of halogens is 1. The molecule has 0 fully saturated rings. The van der Waals surface area contributed by atoms with Crippen LogP contribution in [0.5, 0.6) is 0 Å². The van der Waals surface area contributed by atoms with Gasteiger partial charge in [-0.3, -0.25) is 4.79 Å². The number of anilines is 2. The second-order valence-corrected chi connectivity index (χ2v) is 6.53. The number of para-hydroxylation sites is 1. The van der Waals surface area contributed by atoms with Gasteiger partial charge in [0.1, 0.15) is 5.82 Å². The van der Waals surface area contributed by atoms with Gasteiger partial charge in [-0.1, -0.05) is 39.0 Å². The molecule has 0 aliphatic rings. The van der Waals surface area contributed by atoms with Crippen LogP contribution in [0.4, 0.5) is 15.8 Å². The summed E-state index contributed by atoms with van der Waals surface area (Å²) in [6, 6.07) is 13.9. The largest absolute Gasteiger partial charge is 0.384 e. The fourth-order valence-electron chi connectivity index (χ4n) is 2.36. The zero-order valence-corrected chi connectivity index (χ0v) is 13.8. The molecule has 2 aromatic carbocycles. The number of amides is 1. The van der Waals surface area contributed by atoms with Crippen LogP contribution in [0.3, 0.4) is 0 Å². The average Bonchev–Trinajstić information content (AvgIpc) is 2.49. The lowest BCUT2D eigenvalue weighted by Gasteiger charge is -2.23. The van der Waals surface area contributed by atoms with E-state index in [1.54, 1.807) is 12.1 Å². The van der Waals surface area contributed by atoms with Crippen molar-refractivity contribution in [1.82, 2.24) is 0 Å². The lowest BCUT2D eigenvalue weighted by molar-refractivity contribution is -0.115. The Morgan fingerprint density at radius 3 is 2.35 bits per heavy atom. The summed E-state index contributed by atoms with van der Waals surface area (Å²) in [6.45, 7) is 7.03. The first kappa shape index (κ1) is 17.0. The molecule has 0 aliphatic carbocycles. The van der Waals surface area contributed by atoms with Crippen LogP contribution in [0.1, 0.15) is 32.8 Å². The molecule has 0 saturated heterocycles. The van der Waals surface area contributed by atoms with Crippen molar-refractivity contribution < 1.29 is 9.18 Å². The van der Waals surface area contributed by atoms with Gasteiger partial charge in [-0.15, -0.1) is 0 Å². The van der Waals surface area contributed by atoms with E-state index in [0.29, 0.717) is 18.7 Å². The molecule has 0 aromatic heterocycles. The maximum absolute atomic E-state index is 12.8. The first-order chi connectivity index (χ1) is 10.9. The number of carbonyl (C=O) groups is 1. The normalized spacial score (nSPS) is 11.1. The highest BCUT2D eigenvalue weighted by Crippen LogP contribution is 2.29. The monoisotopic (exact) mass is 314 g/mol. The molecule has 1 amide bonds. The first-order valence-electron chi connectivity index (χ1n) is 7.75. The molecule has 0 spiro atoms. The van der Waals surface area contributed by atoms with Gasteiger partial charge in [0.05, 0.1) is 0 Å². The van der Waals surface area contributed by atoms with Crippen LogP contribution in [0.2, 0.25) is 0 Å². The molecular weight excluding hydrogens is 291 g/mol. The zero-order valence-electron chi connectivity index (χ0n) is 13.8. The number of nitrogens with one attached hydrogen (secondary N) is 2. The Hall–Kier alpha value is -2.36. The molecule has 2 aromatic rings. The second-order valence-electron chi connectivity index (χ2n) is 6.53. The molecule has 0 atom stereocenters. The van der Waals surface area contributed by atoms with E-state index in [1.807, 2.05) is 18.2 Å². The van der Waals surface area contributed by atoms with Crippen LogP contribution in [-0.2, 0) is 10.2 Å². The highest BCUT2D eigenvalue weighted by molar-refractivity contribution is 5.90. The molecular formula is C19H23FN2O. The Labute approximate surface area is 136 Å². The van der Waals surface area contributed by atoms with Crippen molar-refractivity contribution in [3.63, 3.8) is 0 Å². The first-order valence-corrected chi connectivity index (χ1v) is 7.75. The van der Waals surface area contributed by atoms with Gasteiger partial charge >= 0.3 is 0 Å². The van der Waals surface area contributed by atoms with Gasteiger partial charge in [-0.25, -0.2) is 4.39 Å². The van der Waals surface area contributed by atoms with Gasteiger partial charge in [0.15, 0.2) is 0 Å². The van der Waals surface area contributed by atoms with Crippen LogP contribution in [0, 0.1) is 5.82 Å². The summed E-state index contributed by atoms with van der Waals surface area (Å²) >= 11 is 0. The number of carbonyl (C=O) groups excluding carboxylic acids is 1. The molecule has 0 unspecified atom stereocenters. The predicted octanol–water partition coefficient (Wildman–Crippen LogP) is 4.56. The van der Waals surface area contributed by atoms with E-state index >= 15 is 0 Å². The summed E-state index contributed by atoms with van der Waals surface area (Å²) in [5.74, 6) is -0.416. The quantitative estimate of drug-likeness (QED) is 0.849. The van der Waals surface area contributed by atoms with E-state index in [-0.39, 0.29) is 17.1 Å². The van der Waals surface area contributed by atoms with Crippen molar-refractivity contribution in [2.75, 3.05) is 17.2 Å². The Morgan fingerprint density at radius 2 is 1.70 bits per heavy atom. The maximum Gasteiger partial charge on any atom is 0.226 e. The van der Waals surface area contributed by atoms with Gasteiger partial charge in [0.2, 0.25) is 5.91 Å². The molecule has 2 rings (SSSR count). The smallest absolute Gasteiger partial charge is 0.226 e. The summed E-state index contributed by atoms with van der Waals surface area (Å²) in [6.07, 6.45) is 0.343. The van der Waals surface area contributed by atoms with Crippen LogP contribution >= 0.6 is 0 Å². The summed E-state index contributed by atoms with van der Waals surface area (Å²) in [7, 11) is 0. The Balaban J connectivity index is 1.88. The number of rotatable bonds is 5.